The first-order valence-corrected chi connectivity index (χ1v) is 11.8. The van der Waals surface area contributed by atoms with Crippen molar-refractivity contribution >= 4 is 16.0 Å². The van der Waals surface area contributed by atoms with Gasteiger partial charge in [0.05, 0.1) is 26.5 Å². The van der Waals surface area contributed by atoms with E-state index in [-0.39, 0.29) is 6.04 Å². The average molecular weight is 427 g/mol. The van der Waals surface area contributed by atoms with Gasteiger partial charge in [-0.2, -0.15) is 0 Å². The number of hydrogen-bond acceptors (Lipinski definition) is 5. The highest BCUT2D eigenvalue weighted by Gasteiger charge is 2.24. The number of benzene rings is 1. The summed E-state index contributed by atoms with van der Waals surface area (Å²) in [7, 11) is 0.199. The second-order valence-corrected chi connectivity index (χ2v) is 9.28. The van der Waals surface area contributed by atoms with Crippen LogP contribution in [0.3, 0.4) is 0 Å². The second kappa shape index (κ2) is 10.7. The van der Waals surface area contributed by atoms with Crippen LogP contribution in [0.1, 0.15) is 38.3 Å². The first kappa shape index (κ1) is 23.3. The minimum atomic E-state index is -3.10. The fraction of sp³-hybridized carbons (Fsp3) is 0.650. The number of nitrogens with zero attached hydrogens (tertiary/aromatic N) is 2. The highest BCUT2D eigenvalue weighted by molar-refractivity contribution is 7.88. The van der Waals surface area contributed by atoms with Crippen LogP contribution in [0.5, 0.6) is 11.5 Å². The average Bonchev–Trinajstić information content (AvgIpc) is 2.71. The van der Waals surface area contributed by atoms with Crippen LogP contribution in [0.25, 0.3) is 0 Å². The maximum absolute atomic E-state index is 11.7. The molecule has 0 spiro atoms. The molecule has 1 heterocycles. The maximum Gasteiger partial charge on any atom is 0.211 e. The lowest BCUT2D eigenvalue weighted by molar-refractivity contribution is 0.280. The Morgan fingerprint density at radius 1 is 1.28 bits per heavy atom. The van der Waals surface area contributed by atoms with E-state index >= 15 is 0 Å². The first-order valence-electron chi connectivity index (χ1n) is 10.00. The van der Waals surface area contributed by atoms with E-state index in [1.807, 2.05) is 25.1 Å². The first-order chi connectivity index (χ1) is 13.8. The number of ether oxygens (including phenoxy) is 2. The Labute approximate surface area is 174 Å². The van der Waals surface area contributed by atoms with Crippen LogP contribution in [0.4, 0.5) is 0 Å². The van der Waals surface area contributed by atoms with Crippen molar-refractivity contribution in [3.8, 4) is 11.5 Å². The van der Waals surface area contributed by atoms with Gasteiger partial charge in [0.25, 0.3) is 0 Å². The normalized spacial score (nSPS) is 17.6. The van der Waals surface area contributed by atoms with E-state index in [0.29, 0.717) is 25.6 Å². The largest absolute Gasteiger partial charge is 0.497 e. The molecule has 0 saturated carbocycles. The van der Waals surface area contributed by atoms with Crippen molar-refractivity contribution in [2.24, 2.45) is 10.9 Å². The van der Waals surface area contributed by atoms with Crippen LogP contribution in [-0.4, -0.2) is 65.3 Å². The number of piperidine rings is 1. The van der Waals surface area contributed by atoms with Crippen molar-refractivity contribution in [1.29, 1.82) is 0 Å². The van der Waals surface area contributed by atoms with E-state index in [4.69, 9.17) is 14.5 Å². The van der Waals surface area contributed by atoms with Gasteiger partial charge < -0.3 is 20.1 Å². The molecule has 0 amide bonds. The SMILES string of the molecule is CCNC(=NCC1CCN(S(C)(=O)=O)CC1)NC(C)c1cc(OC)ccc1OC. The number of sulfonamides is 1. The monoisotopic (exact) mass is 426 g/mol. The zero-order valence-corrected chi connectivity index (χ0v) is 18.9. The van der Waals surface area contributed by atoms with E-state index in [0.717, 1.165) is 42.4 Å². The predicted molar refractivity (Wildman–Crippen MR) is 116 cm³/mol. The quantitative estimate of drug-likeness (QED) is 0.488. The standard InChI is InChI=1S/C20H34N4O4S/c1-6-21-20(22-14-16-9-11-24(12-10-16)29(5,25)26)23-15(2)18-13-17(27-3)7-8-19(18)28-4/h7-8,13,15-16H,6,9-12,14H2,1-5H3,(H2,21,22,23). The molecule has 0 aromatic heterocycles. The Hall–Kier alpha value is -2.00. The fourth-order valence-corrected chi connectivity index (χ4v) is 4.30. The van der Waals surface area contributed by atoms with Crippen molar-refractivity contribution in [3.63, 3.8) is 0 Å². The number of rotatable bonds is 8. The summed E-state index contributed by atoms with van der Waals surface area (Å²) in [4.78, 5) is 4.74. The molecular weight excluding hydrogens is 392 g/mol. The lowest BCUT2D eigenvalue weighted by Gasteiger charge is -2.29. The minimum absolute atomic E-state index is 0.0371. The number of nitrogens with one attached hydrogen (secondary N) is 2. The van der Waals surface area contributed by atoms with Crippen LogP contribution in [0, 0.1) is 5.92 Å². The molecule has 2 rings (SSSR count). The van der Waals surface area contributed by atoms with Gasteiger partial charge in [-0.05, 0) is 50.8 Å². The topological polar surface area (TPSA) is 92.3 Å². The molecule has 1 unspecified atom stereocenters. The van der Waals surface area contributed by atoms with Gasteiger partial charge in [0.2, 0.25) is 10.0 Å². The molecule has 29 heavy (non-hydrogen) atoms. The highest BCUT2D eigenvalue weighted by Crippen LogP contribution is 2.29. The van der Waals surface area contributed by atoms with Gasteiger partial charge in [-0.1, -0.05) is 0 Å². The number of aliphatic imine (C=N–C) groups is 1. The molecule has 9 heteroatoms. The van der Waals surface area contributed by atoms with Gasteiger partial charge in [-0.3, -0.25) is 4.99 Å². The van der Waals surface area contributed by atoms with Crippen LogP contribution >= 0.6 is 0 Å². The van der Waals surface area contributed by atoms with Crippen LogP contribution < -0.4 is 20.1 Å². The maximum atomic E-state index is 11.7. The molecule has 8 nitrogen and oxygen atoms in total. The van der Waals surface area contributed by atoms with Gasteiger partial charge in [0.1, 0.15) is 11.5 Å². The van der Waals surface area contributed by atoms with E-state index in [1.165, 1.54) is 6.26 Å². The molecule has 0 aliphatic carbocycles. The number of methoxy groups -OCH3 is 2. The molecular formula is C20H34N4O4S. The lowest BCUT2D eigenvalue weighted by atomic mass is 9.98. The summed E-state index contributed by atoms with van der Waals surface area (Å²) >= 11 is 0. The van der Waals surface area contributed by atoms with Gasteiger partial charge in [0.15, 0.2) is 5.96 Å². The van der Waals surface area contributed by atoms with Gasteiger partial charge in [-0.25, -0.2) is 12.7 Å². The lowest BCUT2D eigenvalue weighted by Crippen LogP contribution is -2.40. The summed E-state index contributed by atoms with van der Waals surface area (Å²) < 4.78 is 35.7. The Kier molecular flexibility index (Phi) is 8.58. The number of guanidine groups is 1. The van der Waals surface area contributed by atoms with E-state index < -0.39 is 10.0 Å². The van der Waals surface area contributed by atoms with Crippen LogP contribution in [0.2, 0.25) is 0 Å². The summed E-state index contributed by atoms with van der Waals surface area (Å²) in [5, 5.41) is 6.71. The molecule has 1 aromatic carbocycles. The van der Waals surface area contributed by atoms with E-state index in [1.54, 1.807) is 18.5 Å². The molecule has 1 aromatic rings. The Morgan fingerprint density at radius 3 is 2.52 bits per heavy atom. The minimum Gasteiger partial charge on any atom is -0.497 e. The third kappa shape index (κ3) is 6.78. The molecule has 0 bridgehead atoms. The summed E-state index contributed by atoms with van der Waals surface area (Å²) in [6.45, 7) is 6.63. The van der Waals surface area contributed by atoms with Crippen molar-refractivity contribution in [2.75, 3.05) is 46.7 Å². The molecule has 164 valence electrons. The molecule has 1 aliphatic heterocycles. The van der Waals surface area contributed by atoms with Crippen molar-refractivity contribution in [1.82, 2.24) is 14.9 Å². The third-order valence-electron chi connectivity index (χ3n) is 5.15. The van der Waals surface area contributed by atoms with Crippen molar-refractivity contribution in [2.45, 2.75) is 32.7 Å². The molecule has 1 fully saturated rings. The second-order valence-electron chi connectivity index (χ2n) is 7.30. The van der Waals surface area contributed by atoms with Crippen LogP contribution in [0.15, 0.2) is 23.2 Å². The zero-order chi connectivity index (χ0) is 21.4. The van der Waals surface area contributed by atoms with Gasteiger partial charge >= 0.3 is 0 Å². The molecule has 2 N–H and O–H groups in total. The van der Waals surface area contributed by atoms with Crippen molar-refractivity contribution < 1.29 is 17.9 Å². The fourth-order valence-electron chi connectivity index (χ4n) is 3.42. The summed E-state index contributed by atoms with van der Waals surface area (Å²) in [5.41, 5.74) is 0.985. The summed E-state index contributed by atoms with van der Waals surface area (Å²) in [6, 6.07) is 5.69. The number of hydrogen-bond donors (Lipinski definition) is 2. The summed E-state index contributed by atoms with van der Waals surface area (Å²) in [6.07, 6.45) is 2.93. The zero-order valence-electron chi connectivity index (χ0n) is 18.1. The Balaban J connectivity index is 2.02. The van der Waals surface area contributed by atoms with Gasteiger partial charge in [0, 0.05) is 31.7 Å². The third-order valence-corrected chi connectivity index (χ3v) is 6.45. The predicted octanol–water partition coefficient (Wildman–Crippen LogP) is 1.99. The molecule has 1 saturated heterocycles. The van der Waals surface area contributed by atoms with Gasteiger partial charge in [-0.15, -0.1) is 0 Å². The highest BCUT2D eigenvalue weighted by atomic mass is 32.2. The smallest absolute Gasteiger partial charge is 0.211 e. The van der Waals surface area contributed by atoms with Crippen LogP contribution in [-0.2, 0) is 10.0 Å². The molecule has 1 aliphatic rings. The van der Waals surface area contributed by atoms with E-state index in [2.05, 4.69) is 17.6 Å². The molecule has 1 atom stereocenters. The Morgan fingerprint density at radius 2 is 1.97 bits per heavy atom. The summed E-state index contributed by atoms with van der Waals surface area (Å²) in [5.74, 6) is 2.67. The van der Waals surface area contributed by atoms with Crippen molar-refractivity contribution in [3.05, 3.63) is 23.8 Å². The Bertz CT molecular complexity index is 790. The molecule has 0 radical (unpaired) electrons. The van der Waals surface area contributed by atoms with E-state index in [9.17, 15) is 8.42 Å².